The maximum atomic E-state index is 13.4. The minimum Gasteiger partial charge on any atom is -0.507 e. The van der Waals surface area contributed by atoms with Crippen LogP contribution in [0, 0.1) is 0 Å². The minimum atomic E-state index is -0.103. The molecule has 1 atom stereocenters. The number of aromatic nitrogens is 1. The fourth-order valence-corrected chi connectivity index (χ4v) is 4.33. The second-order valence-corrected chi connectivity index (χ2v) is 8.02. The number of carbonyl (C=O) groups is 1. The molecule has 0 radical (unpaired) electrons. The predicted molar refractivity (Wildman–Crippen MR) is 126 cm³/mol. The molecular formula is C26H25N3O2. The number of fused-ring (bicyclic) bond motifs is 2. The van der Waals surface area contributed by atoms with Crippen LogP contribution in [-0.2, 0) is 0 Å². The van der Waals surface area contributed by atoms with E-state index in [1.807, 2.05) is 65.7 Å². The molecule has 31 heavy (non-hydrogen) atoms. The molecule has 0 fully saturated rings. The highest BCUT2D eigenvalue weighted by Gasteiger charge is 2.25. The van der Waals surface area contributed by atoms with Gasteiger partial charge in [-0.15, -0.1) is 0 Å². The van der Waals surface area contributed by atoms with Gasteiger partial charge < -0.3 is 20.3 Å². The Bertz CT molecular complexity index is 1260. The molecule has 1 aromatic heterocycles. The molecule has 0 bridgehead atoms. The number of phenolic OH excluding ortho intramolecular Hbond substituents is 1. The Kier molecular flexibility index (Phi) is 4.86. The zero-order valence-electron chi connectivity index (χ0n) is 17.4. The molecule has 0 saturated carbocycles. The second-order valence-electron chi connectivity index (χ2n) is 8.02. The average molecular weight is 412 g/mol. The van der Waals surface area contributed by atoms with Crippen LogP contribution in [0.25, 0.3) is 22.0 Å². The maximum absolute atomic E-state index is 13.4. The van der Waals surface area contributed by atoms with Gasteiger partial charge in [0, 0.05) is 35.4 Å². The van der Waals surface area contributed by atoms with E-state index in [0.29, 0.717) is 23.7 Å². The predicted octanol–water partition coefficient (Wildman–Crippen LogP) is 5.78. The molecule has 5 heteroatoms. The molecule has 5 nitrogen and oxygen atoms in total. The van der Waals surface area contributed by atoms with Crippen LogP contribution >= 0.6 is 0 Å². The lowest BCUT2D eigenvalue weighted by molar-refractivity contribution is 0.0986. The highest BCUT2D eigenvalue weighted by molar-refractivity contribution is 6.08. The number of para-hydroxylation sites is 2. The Labute approximate surface area is 181 Å². The van der Waals surface area contributed by atoms with Gasteiger partial charge in [0.2, 0.25) is 0 Å². The second kappa shape index (κ2) is 7.84. The molecule has 0 spiro atoms. The van der Waals surface area contributed by atoms with Crippen molar-refractivity contribution in [2.24, 2.45) is 0 Å². The fourth-order valence-electron chi connectivity index (χ4n) is 4.33. The minimum absolute atomic E-state index is 0.103. The molecule has 156 valence electrons. The quantitative estimate of drug-likeness (QED) is 0.400. The molecule has 1 amide bonds. The molecule has 3 aromatic carbocycles. The standard InChI is InChI=1S/C26H25N3O2/c1-2-20-12-14-29(24-6-4-3-5-23(24)28-20)26(31)19-7-9-21(25(30)16-19)17-8-10-22-18(15-17)11-13-27-22/h3-11,13,15-16,20,27-28,30H,2,12,14H2,1H3. The summed E-state index contributed by atoms with van der Waals surface area (Å²) in [5, 5.41) is 15.4. The number of phenols is 1. The van der Waals surface area contributed by atoms with Crippen LogP contribution in [0.15, 0.2) is 72.9 Å². The van der Waals surface area contributed by atoms with E-state index in [0.717, 1.165) is 40.7 Å². The highest BCUT2D eigenvalue weighted by Crippen LogP contribution is 2.35. The van der Waals surface area contributed by atoms with Gasteiger partial charge in [-0.25, -0.2) is 0 Å². The zero-order chi connectivity index (χ0) is 21.4. The van der Waals surface area contributed by atoms with Crippen LogP contribution in [0.3, 0.4) is 0 Å². The number of nitrogens with one attached hydrogen (secondary N) is 2. The number of anilines is 2. The van der Waals surface area contributed by atoms with Crippen LogP contribution in [0.2, 0.25) is 0 Å². The number of carbonyl (C=O) groups excluding carboxylic acids is 1. The highest BCUT2D eigenvalue weighted by atomic mass is 16.3. The zero-order valence-corrected chi connectivity index (χ0v) is 17.4. The molecule has 0 aliphatic carbocycles. The van der Waals surface area contributed by atoms with Crippen molar-refractivity contribution < 1.29 is 9.90 Å². The van der Waals surface area contributed by atoms with E-state index < -0.39 is 0 Å². The van der Waals surface area contributed by atoms with Gasteiger partial charge in [0.15, 0.2) is 0 Å². The van der Waals surface area contributed by atoms with Gasteiger partial charge in [0.25, 0.3) is 5.91 Å². The summed E-state index contributed by atoms with van der Waals surface area (Å²) in [6.07, 6.45) is 3.77. The Morgan fingerprint density at radius 3 is 2.81 bits per heavy atom. The van der Waals surface area contributed by atoms with E-state index in [1.165, 1.54) is 0 Å². The Hall–Kier alpha value is -3.73. The Balaban J connectivity index is 1.48. The summed E-state index contributed by atoms with van der Waals surface area (Å²) < 4.78 is 0. The van der Waals surface area contributed by atoms with Crippen molar-refractivity contribution >= 4 is 28.2 Å². The summed E-state index contributed by atoms with van der Waals surface area (Å²) in [4.78, 5) is 18.4. The summed E-state index contributed by atoms with van der Waals surface area (Å²) in [6, 6.07) is 21.5. The van der Waals surface area contributed by atoms with E-state index in [-0.39, 0.29) is 11.7 Å². The first-order valence-corrected chi connectivity index (χ1v) is 10.7. The first-order chi connectivity index (χ1) is 15.1. The number of aromatic amines is 1. The third-order valence-corrected chi connectivity index (χ3v) is 6.10. The van der Waals surface area contributed by atoms with E-state index in [9.17, 15) is 9.90 Å². The monoisotopic (exact) mass is 411 g/mol. The topological polar surface area (TPSA) is 68.4 Å². The van der Waals surface area contributed by atoms with Crippen molar-refractivity contribution in [3.05, 3.63) is 78.5 Å². The number of rotatable bonds is 3. The van der Waals surface area contributed by atoms with Gasteiger partial charge in [-0.05, 0) is 72.3 Å². The number of nitrogens with zero attached hydrogens (tertiary/aromatic N) is 1. The van der Waals surface area contributed by atoms with Gasteiger partial charge in [-0.3, -0.25) is 4.79 Å². The molecule has 1 aliphatic rings. The lowest BCUT2D eigenvalue weighted by Gasteiger charge is -2.22. The maximum Gasteiger partial charge on any atom is 0.258 e. The van der Waals surface area contributed by atoms with E-state index in [2.05, 4.69) is 17.2 Å². The summed E-state index contributed by atoms with van der Waals surface area (Å²) >= 11 is 0. The summed E-state index contributed by atoms with van der Waals surface area (Å²) in [6.45, 7) is 2.79. The molecule has 0 saturated heterocycles. The lowest BCUT2D eigenvalue weighted by Crippen LogP contribution is -2.32. The first kappa shape index (κ1) is 19.2. The van der Waals surface area contributed by atoms with Crippen molar-refractivity contribution in [3.63, 3.8) is 0 Å². The molecule has 4 aromatic rings. The van der Waals surface area contributed by atoms with Crippen LogP contribution in [-0.4, -0.2) is 28.6 Å². The van der Waals surface area contributed by atoms with Gasteiger partial charge in [0.05, 0.1) is 11.4 Å². The Morgan fingerprint density at radius 2 is 1.97 bits per heavy atom. The first-order valence-electron chi connectivity index (χ1n) is 10.7. The molecule has 3 N–H and O–H groups in total. The fraction of sp³-hybridized carbons (Fsp3) is 0.192. The summed E-state index contributed by atoms with van der Waals surface area (Å²) in [7, 11) is 0. The Morgan fingerprint density at radius 1 is 1.10 bits per heavy atom. The van der Waals surface area contributed by atoms with Crippen molar-refractivity contribution in [1.29, 1.82) is 0 Å². The lowest BCUT2D eigenvalue weighted by atomic mass is 10.0. The largest absolute Gasteiger partial charge is 0.507 e. The number of benzene rings is 3. The summed E-state index contributed by atoms with van der Waals surface area (Å²) in [5.41, 5.74) is 5.01. The molecule has 2 heterocycles. The van der Waals surface area contributed by atoms with Crippen molar-refractivity contribution in [2.45, 2.75) is 25.8 Å². The van der Waals surface area contributed by atoms with Crippen molar-refractivity contribution in [2.75, 3.05) is 16.8 Å². The number of hydrogen-bond acceptors (Lipinski definition) is 3. The van der Waals surface area contributed by atoms with E-state index in [1.54, 1.807) is 12.1 Å². The number of aromatic hydroxyl groups is 1. The summed E-state index contributed by atoms with van der Waals surface area (Å²) in [5.74, 6) is 0.00217. The van der Waals surface area contributed by atoms with Gasteiger partial charge >= 0.3 is 0 Å². The molecule has 5 rings (SSSR count). The number of hydrogen-bond donors (Lipinski definition) is 3. The van der Waals surface area contributed by atoms with Crippen molar-refractivity contribution in [3.8, 4) is 16.9 Å². The van der Waals surface area contributed by atoms with E-state index >= 15 is 0 Å². The normalized spacial score (nSPS) is 15.9. The van der Waals surface area contributed by atoms with Crippen LogP contribution < -0.4 is 10.2 Å². The van der Waals surface area contributed by atoms with Gasteiger partial charge in [0.1, 0.15) is 5.75 Å². The average Bonchev–Trinajstić information content (AvgIpc) is 3.18. The van der Waals surface area contributed by atoms with Crippen LogP contribution in [0.1, 0.15) is 30.1 Å². The third kappa shape index (κ3) is 3.52. The van der Waals surface area contributed by atoms with Gasteiger partial charge in [-0.1, -0.05) is 25.1 Å². The molecule has 1 aliphatic heterocycles. The molecule has 1 unspecified atom stereocenters. The van der Waals surface area contributed by atoms with Crippen molar-refractivity contribution in [1.82, 2.24) is 4.98 Å². The third-order valence-electron chi connectivity index (χ3n) is 6.10. The van der Waals surface area contributed by atoms with Crippen LogP contribution in [0.4, 0.5) is 11.4 Å². The molecular weight excluding hydrogens is 386 g/mol. The smallest absolute Gasteiger partial charge is 0.258 e. The number of amides is 1. The number of H-pyrrole nitrogens is 1. The SMILES string of the molecule is CCC1CCN(C(=O)c2ccc(-c3ccc4[nH]ccc4c3)c(O)c2)c2ccccc2N1. The van der Waals surface area contributed by atoms with E-state index in [4.69, 9.17) is 0 Å². The van der Waals surface area contributed by atoms with Gasteiger partial charge in [-0.2, -0.15) is 0 Å². The van der Waals surface area contributed by atoms with Crippen LogP contribution in [0.5, 0.6) is 5.75 Å².